The second-order valence-electron chi connectivity index (χ2n) is 7.70. The normalized spacial score (nSPS) is 17.5. The SMILES string of the molecule is Cc1ccc(NC(C)C2CCN(C(=O)OC(C)(C)C)CC2)cc1Cl. The van der Waals surface area contributed by atoms with E-state index in [1.807, 2.05) is 44.7 Å². The third kappa shape index (κ3) is 5.30. The van der Waals surface area contributed by atoms with Crippen LogP contribution < -0.4 is 5.32 Å². The highest BCUT2D eigenvalue weighted by Gasteiger charge is 2.29. The van der Waals surface area contributed by atoms with Crippen LogP contribution in [-0.4, -0.2) is 35.7 Å². The van der Waals surface area contributed by atoms with Crippen molar-refractivity contribution >= 4 is 23.4 Å². The minimum absolute atomic E-state index is 0.202. The van der Waals surface area contributed by atoms with Crippen LogP contribution in [0.2, 0.25) is 5.02 Å². The van der Waals surface area contributed by atoms with Crippen LogP contribution in [0.1, 0.15) is 46.1 Å². The van der Waals surface area contributed by atoms with E-state index in [4.69, 9.17) is 16.3 Å². The fourth-order valence-electron chi connectivity index (χ4n) is 2.97. The second kappa shape index (κ2) is 7.64. The average molecular weight is 353 g/mol. The van der Waals surface area contributed by atoms with Gasteiger partial charge in [-0.25, -0.2) is 4.79 Å². The summed E-state index contributed by atoms with van der Waals surface area (Å²) in [6.45, 7) is 11.4. The molecule has 24 heavy (non-hydrogen) atoms. The van der Waals surface area contributed by atoms with Gasteiger partial charge >= 0.3 is 6.09 Å². The van der Waals surface area contributed by atoms with Gasteiger partial charge in [0.2, 0.25) is 0 Å². The Morgan fingerprint density at radius 2 is 1.96 bits per heavy atom. The molecular formula is C19H29ClN2O2. The molecule has 2 rings (SSSR count). The van der Waals surface area contributed by atoms with E-state index in [1.165, 1.54) is 0 Å². The number of carbonyl (C=O) groups is 1. The van der Waals surface area contributed by atoms with Crippen LogP contribution in [0.25, 0.3) is 0 Å². The Morgan fingerprint density at radius 1 is 1.33 bits per heavy atom. The minimum Gasteiger partial charge on any atom is -0.444 e. The van der Waals surface area contributed by atoms with E-state index in [1.54, 1.807) is 0 Å². The van der Waals surface area contributed by atoms with Crippen LogP contribution in [0, 0.1) is 12.8 Å². The number of halogens is 1. The molecule has 4 nitrogen and oxygen atoms in total. The molecule has 0 saturated carbocycles. The maximum absolute atomic E-state index is 12.1. The number of nitrogens with zero attached hydrogens (tertiary/aromatic N) is 1. The van der Waals surface area contributed by atoms with Gasteiger partial charge in [-0.1, -0.05) is 17.7 Å². The summed E-state index contributed by atoms with van der Waals surface area (Å²) in [5.74, 6) is 0.531. The molecule has 1 aromatic carbocycles. The molecule has 1 aliphatic heterocycles. The number of likely N-dealkylation sites (tertiary alicyclic amines) is 1. The van der Waals surface area contributed by atoms with E-state index in [0.29, 0.717) is 12.0 Å². The molecule has 0 aliphatic carbocycles. The molecule has 1 aromatic rings. The zero-order valence-electron chi connectivity index (χ0n) is 15.4. The molecule has 0 bridgehead atoms. The summed E-state index contributed by atoms with van der Waals surface area (Å²) in [5, 5.41) is 4.33. The molecular weight excluding hydrogens is 324 g/mol. The molecule has 0 aromatic heterocycles. The van der Waals surface area contributed by atoms with Gasteiger partial charge in [-0.15, -0.1) is 0 Å². The number of hydrogen-bond donors (Lipinski definition) is 1. The lowest BCUT2D eigenvalue weighted by atomic mass is 9.90. The van der Waals surface area contributed by atoms with Crippen LogP contribution in [0.15, 0.2) is 18.2 Å². The molecule has 1 unspecified atom stereocenters. The van der Waals surface area contributed by atoms with Crippen molar-refractivity contribution in [1.82, 2.24) is 4.90 Å². The predicted octanol–water partition coefficient (Wildman–Crippen LogP) is 5.10. The maximum Gasteiger partial charge on any atom is 0.410 e. The number of ether oxygens (including phenoxy) is 1. The molecule has 5 heteroatoms. The van der Waals surface area contributed by atoms with Crippen LogP contribution in [-0.2, 0) is 4.74 Å². The Hall–Kier alpha value is -1.42. The lowest BCUT2D eigenvalue weighted by Crippen LogP contribution is -2.44. The quantitative estimate of drug-likeness (QED) is 0.823. The number of rotatable bonds is 3. The van der Waals surface area contributed by atoms with Crippen molar-refractivity contribution in [3.05, 3.63) is 28.8 Å². The minimum atomic E-state index is -0.437. The summed E-state index contributed by atoms with van der Waals surface area (Å²) in [6.07, 6.45) is 1.76. The smallest absolute Gasteiger partial charge is 0.410 e. The standard InChI is InChI=1S/C19H29ClN2O2/c1-13-6-7-16(12-17(13)20)21-14(2)15-8-10-22(11-9-15)18(23)24-19(3,4)5/h6-7,12,14-15,21H,8-11H2,1-5H3. The maximum atomic E-state index is 12.1. The van der Waals surface area contributed by atoms with Crippen LogP contribution in [0.3, 0.4) is 0 Å². The lowest BCUT2D eigenvalue weighted by molar-refractivity contribution is 0.0179. The van der Waals surface area contributed by atoms with Crippen molar-refractivity contribution in [3.63, 3.8) is 0 Å². The van der Waals surface area contributed by atoms with Crippen molar-refractivity contribution in [1.29, 1.82) is 0 Å². The van der Waals surface area contributed by atoms with Gasteiger partial charge in [0, 0.05) is 29.8 Å². The van der Waals surface area contributed by atoms with Gasteiger partial charge in [-0.2, -0.15) is 0 Å². The van der Waals surface area contributed by atoms with Crippen molar-refractivity contribution in [2.45, 2.75) is 59.1 Å². The highest BCUT2D eigenvalue weighted by Crippen LogP contribution is 2.26. The first-order valence-corrected chi connectivity index (χ1v) is 9.04. The summed E-state index contributed by atoms with van der Waals surface area (Å²) in [4.78, 5) is 13.9. The Bertz CT molecular complexity index is 575. The topological polar surface area (TPSA) is 41.6 Å². The molecule has 1 heterocycles. The summed E-state index contributed by atoms with van der Waals surface area (Å²) in [5.41, 5.74) is 1.70. The molecule has 0 spiro atoms. The van der Waals surface area contributed by atoms with E-state index < -0.39 is 5.60 Å². The molecule has 1 N–H and O–H groups in total. The Kier molecular flexibility index (Phi) is 6.02. The highest BCUT2D eigenvalue weighted by atomic mass is 35.5. The van der Waals surface area contributed by atoms with Gasteiger partial charge in [-0.05, 0) is 71.1 Å². The van der Waals surface area contributed by atoms with Crippen molar-refractivity contribution in [2.75, 3.05) is 18.4 Å². The number of anilines is 1. The van der Waals surface area contributed by atoms with Crippen LogP contribution >= 0.6 is 11.6 Å². The van der Waals surface area contributed by atoms with Crippen molar-refractivity contribution in [3.8, 4) is 0 Å². The Morgan fingerprint density at radius 3 is 2.50 bits per heavy atom. The first-order chi connectivity index (χ1) is 11.2. The van der Waals surface area contributed by atoms with Crippen molar-refractivity contribution in [2.24, 2.45) is 5.92 Å². The average Bonchev–Trinajstić information content (AvgIpc) is 2.49. The fraction of sp³-hybridized carbons (Fsp3) is 0.632. The first kappa shape index (κ1) is 18.9. The summed E-state index contributed by atoms with van der Waals surface area (Å²) >= 11 is 6.19. The molecule has 0 radical (unpaired) electrons. The largest absolute Gasteiger partial charge is 0.444 e. The number of hydrogen-bond acceptors (Lipinski definition) is 3. The number of aryl methyl sites for hydroxylation is 1. The monoisotopic (exact) mass is 352 g/mol. The van der Waals surface area contributed by atoms with Crippen molar-refractivity contribution < 1.29 is 9.53 Å². The second-order valence-corrected chi connectivity index (χ2v) is 8.11. The van der Waals surface area contributed by atoms with Gasteiger partial charge < -0.3 is 15.0 Å². The van der Waals surface area contributed by atoms with Crippen LogP contribution in [0.5, 0.6) is 0 Å². The first-order valence-electron chi connectivity index (χ1n) is 8.66. The van der Waals surface area contributed by atoms with Crippen LogP contribution in [0.4, 0.5) is 10.5 Å². The van der Waals surface area contributed by atoms with E-state index in [0.717, 1.165) is 42.2 Å². The van der Waals surface area contributed by atoms with Gasteiger partial charge in [0.25, 0.3) is 0 Å². The Balaban J connectivity index is 1.85. The third-order valence-electron chi connectivity index (χ3n) is 4.46. The van der Waals surface area contributed by atoms with E-state index in [2.05, 4.69) is 18.3 Å². The van der Waals surface area contributed by atoms with Gasteiger partial charge in [-0.3, -0.25) is 0 Å². The fourth-order valence-corrected chi connectivity index (χ4v) is 3.15. The zero-order chi connectivity index (χ0) is 17.9. The number of nitrogens with one attached hydrogen (secondary N) is 1. The molecule has 1 atom stereocenters. The number of carbonyl (C=O) groups excluding carboxylic acids is 1. The summed E-state index contributed by atoms with van der Waals surface area (Å²) in [6, 6.07) is 6.41. The van der Waals surface area contributed by atoms with Gasteiger partial charge in [0.15, 0.2) is 0 Å². The number of amides is 1. The van der Waals surface area contributed by atoms with E-state index >= 15 is 0 Å². The molecule has 134 valence electrons. The highest BCUT2D eigenvalue weighted by molar-refractivity contribution is 6.31. The van der Waals surface area contributed by atoms with E-state index in [9.17, 15) is 4.79 Å². The molecule has 1 saturated heterocycles. The summed E-state index contributed by atoms with van der Waals surface area (Å²) in [7, 11) is 0. The molecule has 1 aliphatic rings. The zero-order valence-corrected chi connectivity index (χ0v) is 16.1. The van der Waals surface area contributed by atoms with E-state index in [-0.39, 0.29) is 6.09 Å². The number of benzene rings is 1. The van der Waals surface area contributed by atoms with Gasteiger partial charge in [0.05, 0.1) is 0 Å². The Labute approximate surface area is 150 Å². The predicted molar refractivity (Wildman–Crippen MR) is 99.8 cm³/mol. The summed E-state index contributed by atoms with van der Waals surface area (Å²) < 4.78 is 5.45. The molecule has 1 fully saturated rings. The number of piperidine rings is 1. The van der Waals surface area contributed by atoms with Gasteiger partial charge in [0.1, 0.15) is 5.60 Å². The molecule has 1 amide bonds. The lowest BCUT2D eigenvalue weighted by Gasteiger charge is -2.36. The third-order valence-corrected chi connectivity index (χ3v) is 4.87.